The molecule has 3 fully saturated rings. The Bertz CT molecular complexity index is 296. The molecular weight excluding hydrogens is 190 g/mol. The molecule has 3 saturated carbocycles. The number of ether oxygens (including phenoxy) is 1. The van der Waals surface area contributed by atoms with Crippen LogP contribution in [-0.4, -0.2) is 18.6 Å². The second kappa shape index (κ2) is 2.97. The zero-order chi connectivity index (χ0) is 11.4. The van der Waals surface area contributed by atoms with Gasteiger partial charge >= 0.3 is 5.97 Å². The van der Waals surface area contributed by atoms with E-state index in [2.05, 4.69) is 13.8 Å². The number of fused-ring (bicyclic) bond motifs is 2. The summed E-state index contributed by atoms with van der Waals surface area (Å²) in [4.78, 5) is 11.7. The SMILES string of the molecule is COC(=O)C1CC2CC(C2(C)C)C1(C)N. The number of rotatable bonds is 1. The van der Waals surface area contributed by atoms with Gasteiger partial charge in [0.15, 0.2) is 0 Å². The standard InChI is InChI=1S/C12H21NO2/c1-11(2)7-5-8(10(14)15-4)12(3,13)9(11)6-7/h7-9H,5-6,13H2,1-4H3. The third-order valence-corrected chi connectivity index (χ3v) is 4.98. The van der Waals surface area contributed by atoms with Gasteiger partial charge in [-0.05, 0) is 37.0 Å². The quantitative estimate of drug-likeness (QED) is 0.670. The fourth-order valence-corrected chi connectivity index (χ4v) is 3.75. The number of methoxy groups -OCH3 is 1. The van der Waals surface area contributed by atoms with Gasteiger partial charge in [-0.3, -0.25) is 4.79 Å². The molecule has 3 heteroatoms. The largest absolute Gasteiger partial charge is 0.469 e. The highest BCUT2D eigenvalue weighted by molar-refractivity contribution is 5.74. The van der Waals surface area contributed by atoms with Crippen molar-refractivity contribution < 1.29 is 9.53 Å². The molecule has 0 heterocycles. The van der Waals surface area contributed by atoms with Crippen molar-refractivity contribution in [3.63, 3.8) is 0 Å². The van der Waals surface area contributed by atoms with E-state index in [1.54, 1.807) is 0 Å². The molecule has 0 radical (unpaired) electrons. The zero-order valence-electron chi connectivity index (χ0n) is 10.0. The third-order valence-electron chi connectivity index (χ3n) is 4.98. The van der Waals surface area contributed by atoms with E-state index in [1.165, 1.54) is 13.5 Å². The second-order valence-electron chi connectivity index (χ2n) is 5.98. The third kappa shape index (κ3) is 1.25. The Labute approximate surface area is 91.4 Å². The maximum absolute atomic E-state index is 11.7. The molecule has 0 aromatic rings. The molecule has 15 heavy (non-hydrogen) atoms. The Hall–Kier alpha value is -0.570. The van der Waals surface area contributed by atoms with E-state index < -0.39 is 5.54 Å². The van der Waals surface area contributed by atoms with E-state index in [4.69, 9.17) is 10.5 Å². The van der Waals surface area contributed by atoms with Gasteiger partial charge in [0.2, 0.25) is 0 Å². The molecule has 0 aromatic heterocycles. The summed E-state index contributed by atoms with van der Waals surface area (Å²) in [5.74, 6) is 0.848. The lowest BCUT2D eigenvalue weighted by Crippen LogP contribution is -2.69. The molecule has 0 saturated heterocycles. The van der Waals surface area contributed by atoms with E-state index in [0.717, 1.165) is 6.42 Å². The van der Waals surface area contributed by atoms with E-state index in [0.29, 0.717) is 17.3 Å². The van der Waals surface area contributed by atoms with Gasteiger partial charge in [-0.2, -0.15) is 0 Å². The molecular formula is C12H21NO2. The van der Waals surface area contributed by atoms with E-state index in [-0.39, 0.29) is 11.9 Å². The summed E-state index contributed by atoms with van der Waals surface area (Å²) in [7, 11) is 1.45. The molecule has 3 aliphatic carbocycles. The van der Waals surface area contributed by atoms with Crippen LogP contribution in [0, 0.1) is 23.2 Å². The first kappa shape index (κ1) is 10.9. The van der Waals surface area contributed by atoms with Crippen LogP contribution in [0.25, 0.3) is 0 Å². The van der Waals surface area contributed by atoms with Gasteiger partial charge in [-0.1, -0.05) is 13.8 Å². The van der Waals surface area contributed by atoms with Crippen LogP contribution >= 0.6 is 0 Å². The Morgan fingerprint density at radius 1 is 1.33 bits per heavy atom. The van der Waals surface area contributed by atoms with Crippen LogP contribution in [0.2, 0.25) is 0 Å². The van der Waals surface area contributed by atoms with Gasteiger partial charge < -0.3 is 10.5 Å². The van der Waals surface area contributed by atoms with Crippen molar-refractivity contribution >= 4 is 5.97 Å². The monoisotopic (exact) mass is 211 g/mol. The highest BCUT2D eigenvalue weighted by Gasteiger charge is 2.63. The summed E-state index contributed by atoms with van der Waals surface area (Å²) in [5.41, 5.74) is 6.26. The Kier molecular flexibility index (Phi) is 2.16. The molecule has 0 aliphatic heterocycles. The van der Waals surface area contributed by atoms with Crippen molar-refractivity contribution in [2.24, 2.45) is 28.9 Å². The van der Waals surface area contributed by atoms with E-state index in [1.807, 2.05) is 6.92 Å². The van der Waals surface area contributed by atoms with E-state index >= 15 is 0 Å². The summed E-state index contributed by atoms with van der Waals surface area (Å²) < 4.78 is 4.84. The summed E-state index contributed by atoms with van der Waals surface area (Å²) in [5, 5.41) is 0. The van der Waals surface area contributed by atoms with Crippen LogP contribution in [0.1, 0.15) is 33.6 Å². The summed E-state index contributed by atoms with van der Waals surface area (Å²) in [6.07, 6.45) is 2.07. The fourth-order valence-electron chi connectivity index (χ4n) is 3.75. The first-order valence-corrected chi connectivity index (χ1v) is 5.68. The maximum atomic E-state index is 11.7. The Balaban J connectivity index is 2.24. The minimum atomic E-state index is -0.397. The number of hydrogen-bond donors (Lipinski definition) is 1. The van der Waals surface area contributed by atoms with Crippen LogP contribution in [0.15, 0.2) is 0 Å². The van der Waals surface area contributed by atoms with Crippen molar-refractivity contribution in [1.29, 1.82) is 0 Å². The van der Waals surface area contributed by atoms with Gasteiger partial charge in [0.25, 0.3) is 0 Å². The van der Waals surface area contributed by atoms with Gasteiger partial charge in [0.1, 0.15) is 0 Å². The highest BCUT2D eigenvalue weighted by atomic mass is 16.5. The molecule has 3 rings (SSSR count). The zero-order valence-corrected chi connectivity index (χ0v) is 10.0. The number of carbonyl (C=O) groups excluding carboxylic acids is 1. The Morgan fingerprint density at radius 2 is 1.93 bits per heavy atom. The number of esters is 1. The lowest BCUT2D eigenvalue weighted by atomic mass is 9.41. The first-order chi connectivity index (χ1) is 6.81. The topological polar surface area (TPSA) is 52.3 Å². The molecule has 3 nitrogen and oxygen atoms in total. The predicted molar refractivity (Wildman–Crippen MR) is 58.1 cm³/mol. The maximum Gasteiger partial charge on any atom is 0.310 e. The number of hydrogen-bond acceptors (Lipinski definition) is 3. The molecule has 2 bridgehead atoms. The van der Waals surface area contributed by atoms with Gasteiger partial charge in [0, 0.05) is 5.54 Å². The summed E-state index contributed by atoms with van der Waals surface area (Å²) >= 11 is 0. The molecule has 86 valence electrons. The molecule has 3 aliphatic rings. The van der Waals surface area contributed by atoms with Crippen LogP contribution in [0.4, 0.5) is 0 Å². The van der Waals surface area contributed by atoms with Gasteiger partial charge in [-0.25, -0.2) is 0 Å². The second-order valence-corrected chi connectivity index (χ2v) is 5.98. The minimum Gasteiger partial charge on any atom is -0.469 e. The van der Waals surface area contributed by atoms with Crippen LogP contribution in [0.5, 0.6) is 0 Å². The smallest absolute Gasteiger partial charge is 0.310 e. The van der Waals surface area contributed by atoms with Crippen LogP contribution in [-0.2, 0) is 9.53 Å². The minimum absolute atomic E-state index is 0.112. The van der Waals surface area contributed by atoms with Crippen LogP contribution < -0.4 is 5.73 Å². The molecule has 0 amide bonds. The first-order valence-electron chi connectivity index (χ1n) is 5.68. The molecule has 0 aromatic carbocycles. The predicted octanol–water partition coefficient (Wildman–Crippen LogP) is 1.56. The number of nitrogens with two attached hydrogens (primary N) is 1. The van der Waals surface area contributed by atoms with Gasteiger partial charge in [-0.15, -0.1) is 0 Å². The average Bonchev–Trinajstić information content (AvgIpc) is 2.14. The molecule has 4 unspecified atom stereocenters. The lowest BCUT2D eigenvalue weighted by Gasteiger charge is -2.65. The van der Waals surface area contributed by atoms with Crippen LogP contribution in [0.3, 0.4) is 0 Å². The summed E-state index contributed by atoms with van der Waals surface area (Å²) in [6.45, 7) is 6.55. The molecule has 2 N–H and O–H groups in total. The molecule has 0 spiro atoms. The summed E-state index contributed by atoms with van der Waals surface area (Å²) in [6, 6.07) is 0. The highest BCUT2D eigenvalue weighted by Crippen LogP contribution is 2.63. The van der Waals surface area contributed by atoms with Crippen molar-refractivity contribution in [1.82, 2.24) is 0 Å². The Morgan fingerprint density at radius 3 is 2.33 bits per heavy atom. The van der Waals surface area contributed by atoms with Crippen molar-refractivity contribution in [2.45, 2.75) is 39.2 Å². The number of carbonyl (C=O) groups is 1. The van der Waals surface area contributed by atoms with Crippen molar-refractivity contribution in [2.75, 3.05) is 7.11 Å². The molecule has 4 atom stereocenters. The lowest BCUT2D eigenvalue weighted by molar-refractivity contribution is -0.175. The average molecular weight is 211 g/mol. The van der Waals surface area contributed by atoms with Gasteiger partial charge in [0.05, 0.1) is 13.0 Å². The van der Waals surface area contributed by atoms with Crippen molar-refractivity contribution in [3.8, 4) is 0 Å². The normalized spacial score (nSPS) is 46.9. The fraction of sp³-hybridized carbons (Fsp3) is 0.917. The van der Waals surface area contributed by atoms with Crippen molar-refractivity contribution in [3.05, 3.63) is 0 Å². The van der Waals surface area contributed by atoms with E-state index in [9.17, 15) is 4.79 Å².